The maximum atomic E-state index is 5.83. The summed E-state index contributed by atoms with van der Waals surface area (Å²) in [7, 11) is -0.513. The van der Waals surface area contributed by atoms with E-state index in [1.165, 1.54) is 0 Å². The molecule has 0 aliphatic carbocycles. The topological polar surface area (TPSA) is 39.9 Å². The van der Waals surface area contributed by atoms with Crippen LogP contribution in [-0.2, 0) is 11.5 Å². The lowest BCUT2D eigenvalue weighted by Gasteiger charge is -2.24. The van der Waals surface area contributed by atoms with Gasteiger partial charge in [0.2, 0.25) is 5.28 Å². The lowest BCUT2D eigenvalue weighted by atomic mass is 10.4. The van der Waals surface area contributed by atoms with Crippen LogP contribution in [0, 0.1) is 0 Å². The van der Waals surface area contributed by atoms with Crippen LogP contribution in [0.4, 0.5) is 0 Å². The summed E-state index contributed by atoms with van der Waals surface area (Å²) in [4.78, 5) is 8.22. The van der Waals surface area contributed by atoms with Gasteiger partial charge in [-0.1, -0.05) is 0 Å². The van der Waals surface area contributed by atoms with Crippen LogP contribution in [0.25, 0.3) is 11.0 Å². The van der Waals surface area contributed by atoms with Gasteiger partial charge in [-0.05, 0) is 46.3 Å². The molecule has 0 atom stereocenters. The van der Waals surface area contributed by atoms with Gasteiger partial charge in [-0.25, -0.2) is 15.0 Å². The fraction of sp³-hybridized carbons (Fsp3) is 0.500. The van der Waals surface area contributed by atoms with Gasteiger partial charge in [-0.15, -0.1) is 0 Å². The third-order valence-electron chi connectivity index (χ3n) is 2.61. The summed E-state index contributed by atoms with van der Waals surface area (Å²) in [6.07, 6.45) is 10.5. The zero-order valence-electron chi connectivity index (χ0n) is 11.2. The molecule has 0 aliphatic heterocycles. The first-order valence-electron chi connectivity index (χ1n) is 5.77. The van der Waals surface area contributed by atoms with Crippen molar-refractivity contribution in [2.45, 2.75) is 6.73 Å². The van der Waals surface area contributed by atoms with Crippen molar-refractivity contribution < 1.29 is 4.74 Å². The minimum absolute atomic E-state index is 0.249. The molecule has 0 aliphatic rings. The van der Waals surface area contributed by atoms with E-state index in [1.54, 1.807) is 6.20 Å². The molecule has 4 nitrogen and oxygen atoms in total. The van der Waals surface area contributed by atoms with Crippen molar-refractivity contribution in [3.8, 4) is 0 Å². The minimum atomic E-state index is -0.513. The Hall–Kier alpha value is -0.300. The molecule has 19 heavy (non-hydrogen) atoms. The number of hydrogen-bond acceptors (Lipinski definition) is 3. The van der Waals surface area contributed by atoms with Crippen molar-refractivity contribution in [1.82, 2.24) is 14.5 Å². The van der Waals surface area contributed by atoms with Crippen LogP contribution in [0.2, 0.25) is 5.28 Å². The van der Waals surface area contributed by atoms with E-state index in [-0.39, 0.29) is 5.28 Å². The first kappa shape index (κ1) is 15.1. The second kappa shape index (κ2) is 5.99. The standard InChI is InChI=1S/C12H17BrClN3OS/c1-19(2,3)5-4-18-8-17-7-10(13)9-6-15-12(14)16-11(9)17/h6-7H,4-5,8H2,1-3H3. The van der Waals surface area contributed by atoms with Crippen LogP contribution in [0.5, 0.6) is 0 Å². The van der Waals surface area contributed by atoms with Crippen LogP contribution in [-0.4, -0.2) is 45.7 Å². The van der Waals surface area contributed by atoms with Crippen LogP contribution >= 0.6 is 37.6 Å². The van der Waals surface area contributed by atoms with E-state index in [0.717, 1.165) is 27.9 Å². The molecule has 2 aromatic heterocycles. The van der Waals surface area contributed by atoms with Crippen molar-refractivity contribution >= 4 is 48.6 Å². The Balaban J connectivity index is 2.07. The Morgan fingerprint density at radius 2 is 2.16 bits per heavy atom. The van der Waals surface area contributed by atoms with Gasteiger partial charge in [0.1, 0.15) is 12.4 Å². The molecular formula is C12H17BrClN3OS. The van der Waals surface area contributed by atoms with Crippen molar-refractivity contribution in [2.24, 2.45) is 0 Å². The Morgan fingerprint density at radius 1 is 1.42 bits per heavy atom. The van der Waals surface area contributed by atoms with E-state index >= 15 is 0 Å². The fourth-order valence-corrected chi connectivity index (χ4v) is 2.85. The molecule has 0 aromatic carbocycles. The summed E-state index contributed by atoms with van der Waals surface area (Å²) < 4.78 is 8.60. The molecule has 0 spiro atoms. The van der Waals surface area contributed by atoms with E-state index in [0.29, 0.717) is 6.73 Å². The SMILES string of the molecule is CS(C)(C)CCOCn1cc(Br)c2cnc(Cl)nc21. The molecule has 0 amide bonds. The molecule has 0 unspecified atom stereocenters. The number of ether oxygens (including phenoxy) is 1. The maximum absolute atomic E-state index is 5.83. The summed E-state index contributed by atoms with van der Waals surface area (Å²) in [5.41, 5.74) is 0.787. The summed E-state index contributed by atoms with van der Waals surface area (Å²) in [6.45, 7) is 1.24. The second-order valence-electron chi connectivity index (χ2n) is 5.16. The number of fused-ring (bicyclic) bond motifs is 1. The predicted molar refractivity (Wildman–Crippen MR) is 86.4 cm³/mol. The van der Waals surface area contributed by atoms with Gasteiger partial charge in [0.25, 0.3) is 0 Å². The first-order chi connectivity index (χ1) is 8.87. The van der Waals surface area contributed by atoms with Crippen LogP contribution in [0.15, 0.2) is 16.9 Å². The van der Waals surface area contributed by atoms with Gasteiger partial charge >= 0.3 is 0 Å². The second-order valence-corrected chi connectivity index (χ2v) is 10.9. The van der Waals surface area contributed by atoms with E-state index in [4.69, 9.17) is 16.3 Å². The maximum Gasteiger partial charge on any atom is 0.224 e. The highest BCUT2D eigenvalue weighted by molar-refractivity contribution is 9.10. The van der Waals surface area contributed by atoms with E-state index < -0.39 is 10.0 Å². The van der Waals surface area contributed by atoms with Crippen LogP contribution in [0.3, 0.4) is 0 Å². The third kappa shape index (κ3) is 4.08. The summed E-state index contributed by atoms with van der Waals surface area (Å²) in [6, 6.07) is 0. The predicted octanol–water partition coefficient (Wildman–Crippen LogP) is 3.52. The average molecular weight is 367 g/mol. The Morgan fingerprint density at radius 3 is 2.84 bits per heavy atom. The summed E-state index contributed by atoms with van der Waals surface area (Å²) in [5, 5.41) is 1.19. The number of hydrogen-bond donors (Lipinski definition) is 0. The molecule has 2 heterocycles. The third-order valence-corrected chi connectivity index (χ3v) is 4.81. The number of nitrogens with zero attached hydrogens (tertiary/aromatic N) is 3. The molecule has 7 heteroatoms. The molecule has 2 rings (SSSR count). The molecule has 0 fully saturated rings. The van der Waals surface area contributed by atoms with Crippen LogP contribution < -0.4 is 0 Å². The summed E-state index contributed by atoms with van der Waals surface area (Å²) in [5.74, 6) is 1.10. The minimum Gasteiger partial charge on any atom is -0.360 e. The van der Waals surface area contributed by atoms with Gasteiger partial charge < -0.3 is 9.30 Å². The smallest absolute Gasteiger partial charge is 0.224 e. The van der Waals surface area contributed by atoms with Gasteiger partial charge in [-0.3, -0.25) is 0 Å². The quantitative estimate of drug-likeness (QED) is 0.600. The number of halogens is 2. The zero-order chi connectivity index (χ0) is 14.0. The van der Waals surface area contributed by atoms with Crippen molar-refractivity contribution in [2.75, 3.05) is 31.1 Å². The molecule has 0 radical (unpaired) electrons. The number of rotatable bonds is 5. The molecule has 0 bridgehead atoms. The van der Waals surface area contributed by atoms with Gasteiger partial charge in [-0.2, -0.15) is 4.98 Å². The largest absolute Gasteiger partial charge is 0.360 e. The lowest BCUT2D eigenvalue weighted by Crippen LogP contribution is -2.09. The molecule has 2 aromatic rings. The normalized spacial score (nSPS) is 13.1. The Bertz CT molecular complexity index is 582. The highest BCUT2D eigenvalue weighted by Gasteiger charge is 2.10. The van der Waals surface area contributed by atoms with E-state index in [2.05, 4.69) is 44.7 Å². The van der Waals surface area contributed by atoms with Crippen molar-refractivity contribution in [3.63, 3.8) is 0 Å². The fourth-order valence-electron chi connectivity index (χ4n) is 1.58. The molecule has 0 N–H and O–H groups in total. The lowest BCUT2D eigenvalue weighted by molar-refractivity contribution is 0.0923. The first-order valence-corrected chi connectivity index (χ1v) is 9.97. The highest BCUT2D eigenvalue weighted by Crippen LogP contribution is 2.33. The van der Waals surface area contributed by atoms with E-state index in [9.17, 15) is 0 Å². The van der Waals surface area contributed by atoms with E-state index in [1.807, 2.05) is 10.8 Å². The van der Waals surface area contributed by atoms with Gasteiger partial charge in [0.05, 0.1) is 12.0 Å². The number of aromatic nitrogens is 3. The molecule has 0 saturated heterocycles. The van der Waals surface area contributed by atoms with Crippen molar-refractivity contribution in [3.05, 3.63) is 22.1 Å². The van der Waals surface area contributed by atoms with Crippen LogP contribution in [0.1, 0.15) is 0 Å². The monoisotopic (exact) mass is 365 g/mol. The molecule has 0 saturated carbocycles. The highest BCUT2D eigenvalue weighted by atomic mass is 79.9. The van der Waals surface area contributed by atoms with Crippen molar-refractivity contribution in [1.29, 1.82) is 0 Å². The zero-order valence-corrected chi connectivity index (χ0v) is 14.3. The Labute approximate surface area is 128 Å². The average Bonchev–Trinajstić information content (AvgIpc) is 2.60. The Kier molecular flexibility index (Phi) is 4.76. The molecular weight excluding hydrogens is 350 g/mol. The van der Waals surface area contributed by atoms with Gasteiger partial charge in [0, 0.05) is 22.6 Å². The van der Waals surface area contributed by atoms with Gasteiger partial charge in [0.15, 0.2) is 0 Å². The molecule has 106 valence electrons. The summed E-state index contributed by atoms with van der Waals surface area (Å²) >= 11 is 9.32.